The van der Waals surface area contributed by atoms with E-state index in [0.29, 0.717) is 0 Å². The van der Waals surface area contributed by atoms with Crippen LogP contribution < -0.4 is 0 Å². The fourth-order valence-electron chi connectivity index (χ4n) is 5.56. The number of carboxylic acid groups (broad SMARTS) is 2. The summed E-state index contributed by atoms with van der Waals surface area (Å²) in [5.41, 5.74) is 3.94. The molecule has 0 amide bonds. The standard InChI is InChI=1S/C25H26FN3O.2C2HF3O2/c1-24-15-29-16-28-23(17-8-10-20(26)11-9-17)21(29)13-18(24)5-3-7-22(24)25(2,30)19-6-4-12-27-14-19;2*3-2(4,5)1(6)7/h4,6,8-14,16,22,30H,3,5,7,15H2,1-2H3;2*(H,6,7)/t22-,24-,25+;;/m0../s1. The first kappa shape index (κ1) is 34.2. The van der Waals surface area contributed by atoms with Gasteiger partial charge in [0.1, 0.15) is 5.82 Å². The lowest BCUT2D eigenvalue weighted by molar-refractivity contribution is -0.193. The summed E-state index contributed by atoms with van der Waals surface area (Å²) in [6.07, 6.45) is 0.497. The zero-order chi connectivity index (χ0) is 33.1. The van der Waals surface area contributed by atoms with Crippen molar-refractivity contribution in [2.24, 2.45) is 11.3 Å². The largest absolute Gasteiger partial charge is 0.490 e. The van der Waals surface area contributed by atoms with E-state index >= 15 is 0 Å². The van der Waals surface area contributed by atoms with Crippen LogP contribution >= 0.6 is 0 Å². The van der Waals surface area contributed by atoms with E-state index in [1.165, 1.54) is 17.7 Å². The van der Waals surface area contributed by atoms with Crippen molar-refractivity contribution in [3.63, 3.8) is 0 Å². The molecule has 0 spiro atoms. The summed E-state index contributed by atoms with van der Waals surface area (Å²) in [6, 6.07) is 10.4. The number of carbonyl (C=O) groups is 2. The van der Waals surface area contributed by atoms with Crippen molar-refractivity contribution < 1.29 is 55.6 Å². The summed E-state index contributed by atoms with van der Waals surface area (Å²) >= 11 is 0. The van der Waals surface area contributed by atoms with E-state index in [0.717, 1.165) is 48.3 Å². The lowest BCUT2D eigenvalue weighted by atomic mass is 9.57. The highest BCUT2D eigenvalue weighted by atomic mass is 19.4. The molecule has 0 bridgehead atoms. The third kappa shape index (κ3) is 7.62. The van der Waals surface area contributed by atoms with Crippen LogP contribution in [0.3, 0.4) is 0 Å². The maximum atomic E-state index is 13.4. The molecule has 8 nitrogen and oxygen atoms in total. The summed E-state index contributed by atoms with van der Waals surface area (Å²) in [4.78, 5) is 26.7. The average Bonchev–Trinajstić information content (AvgIpc) is 3.33. The number of aliphatic carboxylic acids is 2. The fourth-order valence-corrected chi connectivity index (χ4v) is 5.56. The van der Waals surface area contributed by atoms with Crippen molar-refractivity contribution in [3.8, 4) is 11.3 Å². The molecule has 3 heterocycles. The topological polar surface area (TPSA) is 126 Å². The molecule has 0 radical (unpaired) electrons. The first-order valence-electron chi connectivity index (χ1n) is 13.0. The predicted molar refractivity (Wildman–Crippen MR) is 142 cm³/mol. The molecule has 15 heteroatoms. The Morgan fingerprint density at radius 3 is 2.07 bits per heavy atom. The maximum absolute atomic E-state index is 13.4. The Morgan fingerprint density at radius 2 is 1.57 bits per heavy atom. The van der Waals surface area contributed by atoms with Gasteiger partial charge in [-0.25, -0.2) is 19.0 Å². The SMILES string of the molecule is C[C@]12Cn3cnc(-c4ccc(F)cc4)c3C=C1CCC[C@@H]2[C@](C)(O)c1cccnc1.O=C(O)C(F)(F)F.O=C(O)C(F)(F)F. The number of rotatable bonds is 3. The van der Waals surface area contributed by atoms with Gasteiger partial charge in [-0.1, -0.05) is 18.6 Å². The van der Waals surface area contributed by atoms with Gasteiger partial charge in [0, 0.05) is 41.4 Å². The summed E-state index contributed by atoms with van der Waals surface area (Å²) in [5, 5.41) is 25.9. The number of carboxylic acids is 2. The molecule has 238 valence electrons. The number of nitrogens with zero attached hydrogens (tertiary/aromatic N) is 3. The lowest BCUT2D eigenvalue weighted by Crippen LogP contribution is -2.48. The van der Waals surface area contributed by atoms with Gasteiger partial charge in [-0.15, -0.1) is 0 Å². The van der Waals surface area contributed by atoms with E-state index in [1.54, 1.807) is 24.5 Å². The van der Waals surface area contributed by atoms with Crippen LogP contribution in [0.2, 0.25) is 0 Å². The Morgan fingerprint density at radius 1 is 1.00 bits per heavy atom. The first-order valence-corrected chi connectivity index (χ1v) is 13.0. The van der Waals surface area contributed by atoms with Gasteiger partial charge < -0.3 is 19.9 Å². The minimum Gasteiger partial charge on any atom is -0.475 e. The number of benzene rings is 1. The summed E-state index contributed by atoms with van der Waals surface area (Å²) in [7, 11) is 0. The van der Waals surface area contributed by atoms with Gasteiger partial charge in [-0.2, -0.15) is 26.3 Å². The Balaban J connectivity index is 0.000000317. The molecule has 2 aliphatic rings. The van der Waals surface area contributed by atoms with Crippen molar-refractivity contribution in [2.75, 3.05) is 0 Å². The van der Waals surface area contributed by atoms with Gasteiger partial charge in [0.2, 0.25) is 0 Å². The number of aromatic nitrogens is 3. The number of hydrogen-bond acceptors (Lipinski definition) is 5. The smallest absolute Gasteiger partial charge is 0.475 e. The average molecular weight is 632 g/mol. The van der Waals surface area contributed by atoms with Crippen LogP contribution in [0, 0.1) is 17.2 Å². The molecule has 44 heavy (non-hydrogen) atoms. The van der Waals surface area contributed by atoms with Crippen LogP contribution in [-0.4, -0.2) is 54.1 Å². The number of pyridine rings is 1. The second-order valence-electron chi connectivity index (χ2n) is 10.6. The normalized spacial score (nSPS) is 20.7. The summed E-state index contributed by atoms with van der Waals surface area (Å²) < 4.78 is 79.0. The maximum Gasteiger partial charge on any atom is 0.490 e. The number of aliphatic hydroxyl groups is 1. The predicted octanol–water partition coefficient (Wildman–Crippen LogP) is 6.46. The number of alkyl halides is 6. The second kappa shape index (κ2) is 12.8. The molecule has 3 aromatic rings. The number of halogens is 7. The van der Waals surface area contributed by atoms with Crippen molar-refractivity contribution in [2.45, 2.75) is 57.6 Å². The minimum absolute atomic E-state index is 0.0685. The van der Waals surface area contributed by atoms with Crippen molar-refractivity contribution >= 4 is 18.0 Å². The molecular weight excluding hydrogens is 603 g/mol. The van der Waals surface area contributed by atoms with Crippen molar-refractivity contribution in [1.29, 1.82) is 0 Å². The molecule has 1 fully saturated rings. The van der Waals surface area contributed by atoms with Gasteiger partial charge in [0.05, 0.1) is 23.3 Å². The van der Waals surface area contributed by atoms with E-state index in [1.807, 2.05) is 25.4 Å². The quantitative estimate of drug-likeness (QED) is 0.283. The highest BCUT2D eigenvalue weighted by molar-refractivity contribution is 5.74. The minimum atomic E-state index is -5.08. The van der Waals surface area contributed by atoms with E-state index in [9.17, 15) is 35.8 Å². The highest BCUT2D eigenvalue weighted by Crippen LogP contribution is 2.55. The Hall–Kier alpha value is -4.27. The van der Waals surface area contributed by atoms with Crippen LogP contribution in [0.5, 0.6) is 0 Å². The molecule has 0 saturated heterocycles. The van der Waals surface area contributed by atoms with E-state index in [-0.39, 0.29) is 17.2 Å². The molecule has 3 atom stereocenters. The molecule has 3 N–H and O–H groups in total. The Kier molecular flexibility index (Phi) is 9.93. The molecule has 5 rings (SSSR count). The number of allylic oxidation sites excluding steroid dienone is 1. The zero-order valence-electron chi connectivity index (χ0n) is 23.3. The van der Waals surface area contributed by atoms with Crippen molar-refractivity contribution in [3.05, 3.63) is 77.8 Å². The number of fused-ring (bicyclic) bond motifs is 2. The molecule has 1 aliphatic carbocycles. The highest BCUT2D eigenvalue weighted by Gasteiger charge is 2.51. The van der Waals surface area contributed by atoms with Crippen molar-refractivity contribution in [1.82, 2.24) is 14.5 Å². The van der Waals surface area contributed by atoms with E-state index in [4.69, 9.17) is 19.8 Å². The van der Waals surface area contributed by atoms with E-state index in [2.05, 4.69) is 27.5 Å². The molecular formula is C29H28F7N3O5. The summed E-state index contributed by atoms with van der Waals surface area (Å²) in [5.74, 6) is -5.69. The van der Waals surface area contributed by atoms with Crippen LogP contribution in [0.25, 0.3) is 17.3 Å². The van der Waals surface area contributed by atoms with Crippen LogP contribution in [0.4, 0.5) is 30.7 Å². The van der Waals surface area contributed by atoms with Crippen LogP contribution in [-0.2, 0) is 21.7 Å². The van der Waals surface area contributed by atoms with Gasteiger partial charge in [-0.05, 0) is 62.6 Å². The first-order chi connectivity index (χ1) is 20.3. The molecule has 2 aromatic heterocycles. The molecule has 0 unspecified atom stereocenters. The van der Waals surface area contributed by atoms with Crippen LogP contribution in [0.15, 0.2) is 60.7 Å². The van der Waals surface area contributed by atoms with Gasteiger partial charge in [0.25, 0.3) is 0 Å². The molecule has 1 aliphatic heterocycles. The number of hydrogen-bond donors (Lipinski definition) is 3. The fraction of sp³-hybridized carbons (Fsp3) is 0.379. The Bertz CT molecular complexity index is 1480. The summed E-state index contributed by atoms with van der Waals surface area (Å²) in [6.45, 7) is 4.97. The van der Waals surface area contributed by atoms with E-state index < -0.39 is 29.9 Å². The monoisotopic (exact) mass is 631 g/mol. The Labute approximate surface area is 246 Å². The third-order valence-corrected chi connectivity index (χ3v) is 7.66. The third-order valence-electron chi connectivity index (χ3n) is 7.66. The lowest BCUT2D eigenvalue weighted by Gasteiger charge is -2.51. The van der Waals surface area contributed by atoms with Gasteiger partial charge in [-0.3, -0.25) is 4.98 Å². The zero-order valence-corrected chi connectivity index (χ0v) is 23.3. The number of imidazole rings is 1. The molecule has 1 aromatic carbocycles. The van der Waals surface area contributed by atoms with Gasteiger partial charge in [0.15, 0.2) is 0 Å². The molecule has 1 saturated carbocycles. The van der Waals surface area contributed by atoms with Crippen LogP contribution in [0.1, 0.15) is 44.4 Å². The van der Waals surface area contributed by atoms with Gasteiger partial charge >= 0.3 is 24.3 Å². The second-order valence-corrected chi connectivity index (χ2v) is 10.6.